The highest BCUT2D eigenvalue weighted by atomic mass is 16.3. The molecule has 1 rings (SSSR count). The van der Waals surface area contributed by atoms with Gasteiger partial charge in [0.2, 0.25) is 0 Å². The van der Waals surface area contributed by atoms with Gasteiger partial charge in [0, 0.05) is 6.61 Å². The Morgan fingerprint density at radius 2 is 1.91 bits per heavy atom. The quantitative estimate of drug-likeness (QED) is 0.700. The fourth-order valence-electron chi connectivity index (χ4n) is 1.14. The van der Waals surface area contributed by atoms with Gasteiger partial charge in [-0.2, -0.15) is 0 Å². The Bertz CT molecular complexity index is 193. The van der Waals surface area contributed by atoms with Gasteiger partial charge < -0.3 is 5.11 Å². The molecule has 1 aromatic rings. The summed E-state index contributed by atoms with van der Waals surface area (Å²) < 4.78 is 0. The SMILES string of the molecule is C[C@H](CCO)c1ccccc1. The zero-order chi connectivity index (χ0) is 8.10. The zero-order valence-electron chi connectivity index (χ0n) is 6.83. The van der Waals surface area contributed by atoms with Gasteiger partial charge in [0.15, 0.2) is 0 Å². The Morgan fingerprint density at radius 3 is 2.45 bits per heavy atom. The van der Waals surface area contributed by atoms with Gasteiger partial charge in [0.25, 0.3) is 0 Å². The summed E-state index contributed by atoms with van der Waals surface area (Å²) in [4.78, 5) is 0. The summed E-state index contributed by atoms with van der Waals surface area (Å²) in [5, 5.41) is 8.70. The van der Waals surface area contributed by atoms with Crippen LogP contribution in [0.1, 0.15) is 24.8 Å². The molecule has 0 radical (unpaired) electrons. The predicted octanol–water partition coefficient (Wildman–Crippen LogP) is 2.17. The van der Waals surface area contributed by atoms with E-state index in [-0.39, 0.29) is 6.61 Å². The molecule has 0 saturated heterocycles. The van der Waals surface area contributed by atoms with Crippen LogP contribution in [0.5, 0.6) is 0 Å². The van der Waals surface area contributed by atoms with E-state index in [0.717, 1.165) is 6.42 Å². The summed E-state index contributed by atoms with van der Waals surface area (Å²) in [6.07, 6.45) is 0.851. The largest absolute Gasteiger partial charge is 0.396 e. The van der Waals surface area contributed by atoms with E-state index < -0.39 is 0 Å². The smallest absolute Gasteiger partial charge is 0.0436 e. The van der Waals surface area contributed by atoms with Crippen molar-refractivity contribution in [2.75, 3.05) is 6.61 Å². The number of rotatable bonds is 3. The maximum atomic E-state index is 8.70. The monoisotopic (exact) mass is 150 g/mol. The van der Waals surface area contributed by atoms with Gasteiger partial charge in [-0.25, -0.2) is 0 Å². The predicted molar refractivity (Wildman–Crippen MR) is 46.6 cm³/mol. The highest BCUT2D eigenvalue weighted by molar-refractivity contribution is 5.18. The first kappa shape index (κ1) is 8.28. The van der Waals surface area contributed by atoms with E-state index in [2.05, 4.69) is 19.1 Å². The first-order valence-corrected chi connectivity index (χ1v) is 4.00. The lowest BCUT2D eigenvalue weighted by Gasteiger charge is -2.08. The Hall–Kier alpha value is -0.820. The Morgan fingerprint density at radius 1 is 1.27 bits per heavy atom. The molecule has 0 spiro atoms. The number of hydrogen-bond acceptors (Lipinski definition) is 1. The number of aliphatic hydroxyl groups excluding tert-OH is 1. The number of benzene rings is 1. The average molecular weight is 150 g/mol. The van der Waals surface area contributed by atoms with Gasteiger partial charge in [-0.05, 0) is 17.9 Å². The summed E-state index contributed by atoms with van der Waals surface area (Å²) in [5.41, 5.74) is 1.31. The van der Waals surface area contributed by atoms with E-state index in [4.69, 9.17) is 5.11 Å². The minimum Gasteiger partial charge on any atom is -0.396 e. The van der Waals surface area contributed by atoms with Crippen LogP contribution in [0.3, 0.4) is 0 Å². The standard InChI is InChI=1S/C10H14O/c1-9(7-8-11)10-5-3-2-4-6-10/h2-6,9,11H,7-8H2,1H3/t9-/m1/s1. The van der Waals surface area contributed by atoms with Crippen LogP contribution < -0.4 is 0 Å². The van der Waals surface area contributed by atoms with Crippen LogP contribution in [0.25, 0.3) is 0 Å². The molecule has 11 heavy (non-hydrogen) atoms. The van der Waals surface area contributed by atoms with Crippen molar-refractivity contribution in [2.45, 2.75) is 19.3 Å². The van der Waals surface area contributed by atoms with Gasteiger partial charge in [0.05, 0.1) is 0 Å². The molecular weight excluding hydrogens is 136 g/mol. The fraction of sp³-hybridized carbons (Fsp3) is 0.400. The molecule has 0 aliphatic carbocycles. The molecule has 0 amide bonds. The van der Waals surface area contributed by atoms with E-state index in [1.54, 1.807) is 0 Å². The molecule has 1 aromatic carbocycles. The van der Waals surface area contributed by atoms with Crippen molar-refractivity contribution in [1.29, 1.82) is 0 Å². The summed E-state index contributed by atoms with van der Waals surface area (Å²) in [6.45, 7) is 2.40. The van der Waals surface area contributed by atoms with E-state index in [1.165, 1.54) is 5.56 Å². The van der Waals surface area contributed by atoms with Crippen LogP contribution in [-0.2, 0) is 0 Å². The van der Waals surface area contributed by atoms with Gasteiger partial charge >= 0.3 is 0 Å². The third-order valence-electron chi connectivity index (χ3n) is 1.93. The maximum Gasteiger partial charge on any atom is 0.0436 e. The summed E-state index contributed by atoms with van der Waals surface area (Å²) >= 11 is 0. The van der Waals surface area contributed by atoms with Crippen molar-refractivity contribution in [3.63, 3.8) is 0 Å². The third-order valence-corrected chi connectivity index (χ3v) is 1.93. The van der Waals surface area contributed by atoms with Crippen LogP contribution >= 0.6 is 0 Å². The molecule has 0 aromatic heterocycles. The molecule has 1 heteroatoms. The van der Waals surface area contributed by atoms with Crippen LogP contribution in [0.15, 0.2) is 30.3 Å². The zero-order valence-corrected chi connectivity index (χ0v) is 6.83. The molecule has 1 N–H and O–H groups in total. The van der Waals surface area contributed by atoms with Crippen LogP contribution in [0.4, 0.5) is 0 Å². The molecule has 0 fully saturated rings. The maximum absolute atomic E-state index is 8.70. The first-order valence-electron chi connectivity index (χ1n) is 4.00. The van der Waals surface area contributed by atoms with E-state index in [0.29, 0.717) is 5.92 Å². The topological polar surface area (TPSA) is 20.2 Å². The van der Waals surface area contributed by atoms with Gasteiger partial charge in [0.1, 0.15) is 0 Å². The molecule has 1 nitrogen and oxygen atoms in total. The van der Waals surface area contributed by atoms with E-state index >= 15 is 0 Å². The lowest BCUT2D eigenvalue weighted by Crippen LogP contribution is -1.95. The van der Waals surface area contributed by atoms with E-state index in [9.17, 15) is 0 Å². The lowest BCUT2D eigenvalue weighted by atomic mass is 9.99. The fourth-order valence-corrected chi connectivity index (χ4v) is 1.14. The Balaban J connectivity index is 2.61. The van der Waals surface area contributed by atoms with Crippen molar-refractivity contribution in [1.82, 2.24) is 0 Å². The first-order chi connectivity index (χ1) is 5.34. The molecule has 0 bridgehead atoms. The molecule has 1 atom stereocenters. The second-order valence-corrected chi connectivity index (χ2v) is 2.82. The molecule has 0 aliphatic rings. The molecule has 0 aliphatic heterocycles. The van der Waals surface area contributed by atoms with Crippen molar-refractivity contribution >= 4 is 0 Å². The second-order valence-electron chi connectivity index (χ2n) is 2.82. The minimum absolute atomic E-state index is 0.274. The third kappa shape index (κ3) is 2.35. The minimum atomic E-state index is 0.274. The van der Waals surface area contributed by atoms with Crippen LogP contribution in [0, 0.1) is 0 Å². The second kappa shape index (κ2) is 4.14. The van der Waals surface area contributed by atoms with Crippen molar-refractivity contribution < 1.29 is 5.11 Å². The number of aliphatic hydroxyl groups is 1. The summed E-state index contributed by atoms with van der Waals surface area (Å²) in [5.74, 6) is 0.473. The average Bonchev–Trinajstić information content (AvgIpc) is 2.07. The van der Waals surface area contributed by atoms with Gasteiger partial charge in [-0.15, -0.1) is 0 Å². The molecule has 0 heterocycles. The summed E-state index contributed by atoms with van der Waals surface area (Å²) in [7, 11) is 0. The van der Waals surface area contributed by atoms with Crippen molar-refractivity contribution in [3.05, 3.63) is 35.9 Å². The molecule has 0 unspecified atom stereocenters. The van der Waals surface area contributed by atoms with Gasteiger partial charge in [-0.3, -0.25) is 0 Å². The van der Waals surface area contributed by atoms with Gasteiger partial charge in [-0.1, -0.05) is 37.3 Å². The molecule has 0 saturated carbocycles. The number of hydrogen-bond donors (Lipinski definition) is 1. The van der Waals surface area contributed by atoms with Crippen molar-refractivity contribution in [2.24, 2.45) is 0 Å². The van der Waals surface area contributed by atoms with E-state index in [1.807, 2.05) is 18.2 Å². The molecular formula is C10H14O. The highest BCUT2D eigenvalue weighted by Crippen LogP contribution is 2.17. The molecule has 60 valence electrons. The van der Waals surface area contributed by atoms with Crippen molar-refractivity contribution in [3.8, 4) is 0 Å². The normalized spacial score (nSPS) is 12.9. The summed E-state index contributed by atoms with van der Waals surface area (Å²) in [6, 6.07) is 10.3. The van der Waals surface area contributed by atoms with Crippen LogP contribution in [0.2, 0.25) is 0 Å². The lowest BCUT2D eigenvalue weighted by molar-refractivity contribution is 0.278. The highest BCUT2D eigenvalue weighted by Gasteiger charge is 2.01. The Kier molecular flexibility index (Phi) is 3.12. The van der Waals surface area contributed by atoms with Crippen LogP contribution in [-0.4, -0.2) is 11.7 Å². The Labute approximate surface area is 67.7 Å².